The molecule has 0 spiro atoms. The average molecular weight is 330 g/mol. The van der Waals surface area contributed by atoms with Crippen LogP contribution in [0.25, 0.3) is 0 Å². The van der Waals surface area contributed by atoms with E-state index in [4.69, 9.17) is 0 Å². The molecule has 2 unspecified atom stereocenters. The summed E-state index contributed by atoms with van der Waals surface area (Å²) >= 11 is 0. The second-order valence-corrected chi connectivity index (χ2v) is 5.66. The van der Waals surface area contributed by atoms with E-state index in [1.807, 2.05) is 14.0 Å². The number of rotatable bonds is 6. The molecule has 1 aliphatic heterocycles. The molecule has 2 N–H and O–H groups in total. The van der Waals surface area contributed by atoms with Crippen LogP contribution in [-0.2, 0) is 4.79 Å². The first kappa shape index (κ1) is 18.9. The van der Waals surface area contributed by atoms with Crippen molar-refractivity contribution in [1.29, 1.82) is 0 Å². The van der Waals surface area contributed by atoms with Crippen molar-refractivity contribution in [2.75, 3.05) is 26.7 Å². The number of likely N-dealkylation sites (N-methyl/N-ethyl adjacent to an activating group) is 1. The minimum absolute atomic E-state index is 0. The number of benzene rings is 1. The maximum Gasteiger partial charge on any atom is 0.234 e. The van der Waals surface area contributed by atoms with Gasteiger partial charge in [-0.05, 0) is 51.1 Å². The summed E-state index contributed by atoms with van der Waals surface area (Å²) in [5, 5.41) is 6.16. The Bertz CT molecular complexity index is 469. The van der Waals surface area contributed by atoms with E-state index < -0.39 is 0 Å². The molecular weight excluding hydrogens is 305 g/mol. The lowest BCUT2D eigenvalue weighted by Gasteiger charge is -2.24. The summed E-state index contributed by atoms with van der Waals surface area (Å²) in [5.41, 5.74) is 0.915. The third-order valence-electron chi connectivity index (χ3n) is 4.03. The average Bonchev–Trinajstić information content (AvgIpc) is 2.87. The van der Waals surface area contributed by atoms with E-state index in [1.54, 1.807) is 12.1 Å². The van der Waals surface area contributed by atoms with Crippen LogP contribution < -0.4 is 10.6 Å². The minimum atomic E-state index is -0.260. The molecule has 0 bridgehead atoms. The van der Waals surface area contributed by atoms with Gasteiger partial charge in [0, 0.05) is 12.6 Å². The topological polar surface area (TPSA) is 44.4 Å². The van der Waals surface area contributed by atoms with Crippen molar-refractivity contribution < 1.29 is 9.18 Å². The van der Waals surface area contributed by atoms with Crippen molar-refractivity contribution in [3.05, 3.63) is 35.6 Å². The highest BCUT2D eigenvalue weighted by Crippen LogP contribution is 2.17. The number of likely N-dealkylation sites (tertiary alicyclic amines) is 1. The van der Waals surface area contributed by atoms with Crippen LogP contribution in [0.5, 0.6) is 0 Å². The molecule has 1 aromatic carbocycles. The molecule has 2 atom stereocenters. The van der Waals surface area contributed by atoms with Crippen LogP contribution in [0, 0.1) is 5.82 Å². The van der Waals surface area contributed by atoms with Crippen molar-refractivity contribution in [2.24, 2.45) is 0 Å². The molecule has 0 aromatic heterocycles. The molecule has 22 heavy (non-hydrogen) atoms. The van der Waals surface area contributed by atoms with Crippen LogP contribution in [0.3, 0.4) is 0 Å². The van der Waals surface area contributed by atoms with Gasteiger partial charge < -0.3 is 10.6 Å². The maximum atomic E-state index is 12.9. The zero-order valence-corrected chi connectivity index (χ0v) is 14.0. The predicted octanol–water partition coefficient (Wildman–Crippen LogP) is 2.11. The van der Waals surface area contributed by atoms with Gasteiger partial charge in [-0.15, -0.1) is 12.4 Å². The summed E-state index contributed by atoms with van der Waals surface area (Å²) in [7, 11) is 1.94. The molecule has 1 heterocycles. The quantitative estimate of drug-likeness (QED) is 0.840. The lowest BCUT2D eigenvalue weighted by Crippen LogP contribution is -2.43. The molecule has 1 aromatic rings. The Kier molecular flexibility index (Phi) is 7.79. The molecule has 6 heteroatoms. The van der Waals surface area contributed by atoms with Crippen molar-refractivity contribution in [3.63, 3.8) is 0 Å². The first-order chi connectivity index (χ1) is 10.1. The molecule has 4 nitrogen and oxygen atoms in total. The highest BCUT2D eigenvalue weighted by molar-refractivity contribution is 5.85. The Morgan fingerprint density at radius 2 is 2.09 bits per heavy atom. The number of nitrogens with zero attached hydrogens (tertiary/aromatic N) is 1. The van der Waals surface area contributed by atoms with Crippen LogP contribution in [-0.4, -0.2) is 43.5 Å². The van der Waals surface area contributed by atoms with E-state index in [1.165, 1.54) is 12.1 Å². The minimum Gasteiger partial charge on any atom is -0.348 e. The Hall–Kier alpha value is -1.17. The van der Waals surface area contributed by atoms with Crippen LogP contribution in [0.1, 0.15) is 31.4 Å². The maximum absolute atomic E-state index is 12.9. The van der Waals surface area contributed by atoms with Gasteiger partial charge >= 0.3 is 0 Å². The number of carbonyl (C=O) groups excluding carboxylic acids is 1. The van der Waals surface area contributed by atoms with Gasteiger partial charge in [-0.1, -0.05) is 12.1 Å². The normalized spacial score (nSPS) is 19.5. The van der Waals surface area contributed by atoms with Gasteiger partial charge in [0.25, 0.3) is 0 Å². The van der Waals surface area contributed by atoms with E-state index in [-0.39, 0.29) is 30.2 Å². The number of amides is 1. The second kappa shape index (κ2) is 9.08. The smallest absolute Gasteiger partial charge is 0.234 e. The Labute approximate surface area is 137 Å². The molecule has 1 fully saturated rings. The van der Waals surface area contributed by atoms with Gasteiger partial charge in [0.05, 0.1) is 12.6 Å². The summed E-state index contributed by atoms with van der Waals surface area (Å²) < 4.78 is 12.9. The Balaban J connectivity index is 0.00000242. The number of hydrogen-bond acceptors (Lipinski definition) is 3. The lowest BCUT2D eigenvalue weighted by molar-refractivity contribution is -0.123. The Morgan fingerprint density at radius 3 is 2.73 bits per heavy atom. The number of nitrogens with one attached hydrogen (secondary N) is 2. The zero-order chi connectivity index (χ0) is 15.2. The van der Waals surface area contributed by atoms with E-state index in [0.717, 1.165) is 31.5 Å². The SMILES string of the molecule is CNCC1CCCN1CC(=O)NC(C)c1ccc(F)cc1.Cl. The summed E-state index contributed by atoms with van der Waals surface area (Å²) in [4.78, 5) is 14.4. The highest BCUT2D eigenvalue weighted by atomic mass is 35.5. The van der Waals surface area contributed by atoms with Crippen LogP contribution in [0.2, 0.25) is 0 Å². The monoisotopic (exact) mass is 329 g/mol. The zero-order valence-electron chi connectivity index (χ0n) is 13.1. The van der Waals surface area contributed by atoms with Gasteiger partial charge in [0.2, 0.25) is 5.91 Å². The van der Waals surface area contributed by atoms with E-state index in [0.29, 0.717) is 12.6 Å². The van der Waals surface area contributed by atoms with Crippen molar-refractivity contribution in [3.8, 4) is 0 Å². The molecule has 0 saturated carbocycles. The largest absolute Gasteiger partial charge is 0.348 e. The fraction of sp³-hybridized carbons (Fsp3) is 0.562. The summed E-state index contributed by atoms with van der Waals surface area (Å²) in [6.07, 6.45) is 2.29. The number of hydrogen-bond donors (Lipinski definition) is 2. The molecular formula is C16H25ClFN3O. The second-order valence-electron chi connectivity index (χ2n) is 5.66. The highest BCUT2D eigenvalue weighted by Gasteiger charge is 2.25. The van der Waals surface area contributed by atoms with Gasteiger partial charge in [-0.25, -0.2) is 4.39 Å². The van der Waals surface area contributed by atoms with Gasteiger partial charge in [0.1, 0.15) is 5.82 Å². The molecule has 0 aliphatic carbocycles. The fourth-order valence-electron chi connectivity index (χ4n) is 2.88. The molecule has 1 amide bonds. The van der Waals surface area contributed by atoms with Crippen molar-refractivity contribution >= 4 is 18.3 Å². The first-order valence-corrected chi connectivity index (χ1v) is 7.53. The Morgan fingerprint density at radius 1 is 1.41 bits per heavy atom. The summed E-state index contributed by atoms with van der Waals surface area (Å²) in [6.45, 7) is 4.24. The van der Waals surface area contributed by atoms with Crippen LogP contribution in [0.15, 0.2) is 24.3 Å². The van der Waals surface area contributed by atoms with Gasteiger partial charge in [0.15, 0.2) is 0 Å². The van der Waals surface area contributed by atoms with Gasteiger partial charge in [-0.2, -0.15) is 0 Å². The predicted molar refractivity (Wildman–Crippen MR) is 88.7 cm³/mol. The number of carbonyl (C=O) groups is 1. The van der Waals surface area contributed by atoms with Crippen molar-refractivity contribution in [2.45, 2.75) is 31.8 Å². The summed E-state index contributed by atoms with van der Waals surface area (Å²) in [5.74, 6) is -0.237. The molecule has 2 rings (SSSR count). The fourth-order valence-corrected chi connectivity index (χ4v) is 2.88. The standard InChI is InChI=1S/C16H24FN3O.ClH/c1-12(13-5-7-14(17)8-6-13)19-16(21)11-20-9-3-4-15(20)10-18-2;/h5-8,12,15,18H,3-4,9-11H2,1-2H3,(H,19,21);1H. The number of halogens is 2. The van der Waals surface area contributed by atoms with Crippen molar-refractivity contribution in [1.82, 2.24) is 15.5 Å². The molecule has 1 saturated heterocycles. The van der Waals surface area contributed by atoms with Crippen LogP contribution in [0.4, 0.5) is 4.39 Å². The van der Waals surface area contributed by atoms with E-state index >= 15 is 0 Å². The van der Waals surface area contributed by atoms with Crippen LogP contribution >= 0.6 is 12.4 Å². The summed E-state index contributed by atoms with van der Waals surface area (Å²) in [6, 6.07) is 6.59. The lowest BCUT2D eigenvalue weighted by atomic mass is 10.1. The van der Waals surface area contributed by atoms with Gasteiger partial charge in [-0.3, -0.25) is 9.69 Å². The van der Waals surface area contributed by atoms with E-state index in [9.17, 15) is 9.18 Å². The van der Waals surface area contributed by atoms with E-state index in [2.05, 4.69) is 15.5 Å². The molecule has 1 aliphatic rings. The first-order valence-electron chi connectivity index (χ1n) is 7.53. The third kappa shape index (κ3) is 5.23. The third-order valence-corrected chi connectivity index (χ3v) is 4.03. The molecule has 0 radical (unpaired) electrons. The molecule has 124 valence electrons.